The van der Waals surface area contributed by atoms with Crippen LogP contribution >= 0.6 is 23.2 Å². The Balaban J connectivity index is 2.55. The minimum absolute atomic E-state index is 0.300. The zero-order chi connectivity index (χ0) is 16.8. The molecule has 0 amide bonds. The van der Waals surface area contributed by atoms with Crippen molar-refractivity contribution >= 4 is 34.7 Å². The molecule has 0 fully saturated rings. The van der Waals surface area contributed by atoms with Gasteiger partial charge in [0.05, 0.1) is 13.7 Å². The van der Waals surface area contributed by atoms with E-state index < -0.39 is 5.97 Å². The van der Waals surface area contributed by atoms with Crippen LogP contribution in [0.25, 0.3) is 5.57 Å². The highest BCUT2D eigenvalue weighted by Gasteiger charge is 2.13. The van der Waals surface area contributed by atoms with Gasteiger partial charge in [0.25, 0.3) is 0 Å². The van der Waals surface area contributed by atoms with Crippen LogP contribution in [0.1, 0.15) is 18.1 Å². The van der Waals surface area contributed by atoms with Crippen molar-refractivity contribution in [1.82, 2.24) is 0 Å². The van der Waals surface area contributed by atoms with Crippen LogP contribution in [0.2, 0.25) is 10.0 Å². The fourth-order valence-electron chi connectivity index (χ4n) is 2.09. The Hall–Kier alpha value is -1.97. The molecule has 0 N–H and O–H groups in total. The van der Waals surface area contributed by atoms with Crippen LogP contribution in [0.15, 0.2) is 48.5 Å². The lowest BCUT2D eigenvalue weighted by Gasteiger charge is -2.12. The highest BCUT2D eigenvalue weighted by molar-refractivity contribution is 6.34. The molecule has 23 heavy (non-hydrogen) atoms. The maximum Gasteiger partial charge on any atom is 0.331 e. The summed E-state index contributed by atoms with van der Waals surface area (Å²) in [4.78, 5) is 11.9. The van der Waals surface area contributed by atoms with E-state index in [1.807, 2.05) is 24.3 Å². The summed E-state index contributed by atoms with van der Waals surface area (Å²) in [6.07, 6.45) is 1.42. The van der Waals surface area contributed by atoms with E-state index in [1.165, 1.54) is 6.08 Å². The lowest BCUT2D eigenvalue weighted by atomic mass is 9.97. The minimum atomic E-state index is -0.436. The van der Waals surface area contributed by atoms with Crippen molar-refractivity contribution in [3.05, 3.63) is 69.7 Å². The predicted octanol–water partition coefficient (Wildman–Crippen LogP) is 5.00. The first-order valence-electron chi connectivity index (χ1n) is 7.03. The molecule has 0 unspecified atom stereocenters. The highest BCUT2D eigenvalue weighted by atomic mass is 35.5. The third kappa shape index (κ3) is 4.50. The van der Waals surface area contributed by atoms with Gasteiger partial charge in [-0.15, -0.1) is 0 Å². The van der Waals surface area contributed by atoms with Crippen molar-refractivity contribution in [2.45, 2.75) is 6.92 Å². The molecule has 0 aliphatic heterocycles. The Bertz CT molecular complexity index is 722. The second-order valence-electron chi connectivity index (χ2n) is 4.66. The van der Waals surface area contributed by atoms with E-state index in [2.05, 4.69) is 0 Å². The van der Waals surface area contributed by atoms with Crippen molar-refractivity contribution in [2.75, 3.05) is 13.7 Å². The molecule has 0 bridgehead atoms. The molecule has 2 aromatic carbocycles. The number of carbonyl (C=O) groups excluding carboxylic acids is 1. The van der Waals surface area contributed by atoms with E-state index in [0.717, 1.165) is 11.3 Å². The molecule has 0 saturated carbocycles. The van der Waals surface area contributed by atoms with Crippen LogP contribution < -0.4 is 4.74 Å². The van der Waals surface area contributed by atoms with Crippen LogP contribution in [-0.2, 0) is 9.53 Å². The van der Waals surface area contributed by atoms with Crippen molar-refractivity contribution in [1.29, 1.82) is 0 Å². The first kappa shape index (κ1) is 17.4. The average molecular weight is 351 g/mol. The zero-order valence-corrected chi connectivity index (χ0v) is 14.3. The predicted molar refractivity (Wildman–Crippen MR) is 93.2 cm³/mol. The molecule has 120 valence electrons. The van der Waals surface area contributed by atoms with E-state index in [1.54, 1.807) is 32.2 Å². The number of rotatable bonds is 5. The van der Waals surface area contributed by atoms with E-state index in [0.29, 0.717) is 27.8 Å². The number of esters is 1. The number of hydrogen-bond acceptors (Lipinski definition) is 3. The number of ether oxygens (including phenoxy) is 2. The molecule has 0 radical (unpaired) electrons. The maximum absolute atomic E-state index is 11.9. The molecule has 0 spiro atoms. The summed E-state index contributed by atoms with van der Waals surface area (Å²) in [6, 6.07) is 12.4. The van der Waals surface area contributed by atoms with Crippen LogP contribution in [0.3, 0.4) is 0 Å². The molecule has 2 aromatic rings. The van der Waals surface area contributed by atoms with Gasteiger partial charge in [-0.05, 0) is 48.4 Å². The standard InChI is InChI=1S/C18H16Cl2O3/c1-3-23-18(21)11-15(12-4-7-14(22-2)8-5-12)16-10-13(19)6-9-17(16)20/h4-11H,3H2,1-2H3. The number of carbonyl (C=O) groups is 1. The topological polar surface area (TPSA) is 35.5 Å². The van der Waals surface area contributed by atoms with Gasteiger partial charge >= 0.3 is 5.97 Å². The van der Waals surface area contributed by atoms with Gasteiger partial charge in [-0.25, -0.2) is 4.79 Å². The summed E-state index contributed by atoms with van der Waals surface area (Å²) in [6.45, 7) is 2.06. The first-order valence-corrected chi connectivity index (χ1v) is 7.79. The largest absolute Gasteiger partial charge is 0.497 e. The van der Waals surface area contributed by atoms with Gasteiger partial charge in [0.15, 0.2) is 0 Å². The third-order valence-corrected chi connectivity index (χ3v) is 3.73. The summed E-state index contributed by atoms with van der Waals surface area (Å²) in [5.74, 6) is 0.288. The van der Waals surface area contributed by atoms with Gasteiger partial charge in [0, 0.05) is 21.7 Å². The van der Waals surface area contributed by atoms with Gasteiger partial charge in [-0.3, -0.25) is 0 Å². The highest BCUT2D eigenvalue weighted by Crippen LogP contribution is 2.32. The third-order valence-electron chi connectivity index (χ3n) is 3.17. The monoisotopic (exact) mass is 350 g/mol. The Morgan fingerprint density at radius 2 is 1.83 bits per heavy atom. The lowest BCUT2D eigenvalue weighted by Crippen LogP contribution is -2.02. The second kappa shape index (κ2) is 8.04. The fraction of sp³-hybridized carbons (Fsp3) is 0.167. The first-order chi connectivity index (χ1) is 11.0. The molecule has 0 heterocycles. The number of methoxy groups -OCH3 is 1. The Morgan fingerprint density at radius 3 is 2.43 bits per heavy atom. The quantitative estimate of drug-likeness (QED) is 0.562. The van der Waals surface area contributed by atoms with Gasteiger partial charge in [0.2, 0.25) is 0 Å². The second-order valence-corrected chi connectivity index (χ2v) is 5.51. The Kier molecular flexibility index (Phi) is 6.08. The van der Waals surface area contributed by atoms with E-state index in [4.69, 9.17) is 32.7 Å². The van der Waals surface area contributed by atoms with Crippen LogP contribution in [-0.4, -0.2) is 19.7 Å². The van der Waals surface area contributed by atoms with Crippen molar-refractivity contribution in [2.24, 2.45) is 0 Å². The molecule has 3 nitrogen and oxygen atoms in total. The van der Waals surface area contributed by atoms with E-state index in [9.17, 15) is 4.79 Å². The summed E-state index contributed by atoms with van der Waals surface area (Å²) in [5.41, 5.74) is 2.11. The molecule has 0 saturated heterocycles. The van der Waals surface area contributed by atoms with E-state index >= 15 is 0 Å². The fourth-order valence-corrected chi connectivity index (χ4v) is 2.48. The Morgan fingerprint density at radius 1 is 1.13 bits per heavy atom. The summed E-state index contributed by atoms with van der Waals surface area (Å²) >= 11 is 12.4. The molecule has 0 aliphatic carbocycles. The maximum atomic E-state index is 11.9. The molecule has 5 heteroatoms. The van der Waals surface area contributed by atoms with Crippen molar-refractivity contribution < 1.29 is 14.3 Å². The summed E-state index contributed by atoms with van der Waals surface area (Å²) in [5, 5.41) is 1.04. The van der Waals surface area contributed by atoms with Gasteiger partial charge in [-0.2, -0.15) is 0 Å². The Labute approximate surface area is 145 Å². The van der Waals surface area contributed by atoms with Crippen LogP contribution in [0.5, 0.6) is 5.75 Å². The lowest BCUT2D eigenvalue weighted by molar-refractivity contribution is -0.137. The van der Waals surface area contributed by atoms with Crippen LogP contribution in [0, 0.1) is 0 Å². The van der Waals surface area contributed by atoms with E-state index in [-0.39, 0.29) is 0 Å². The number of halogens is 2. The molecular weight excluding hydrogens is 335 g/mol. The molecule has 0 aliphatic rings. The molecular formula is C18H16Cl2O3. The van der Waals surface area contributed by atoms with Crippen molar-refractivity contribution in [3.63, 3.8) is 0 Å². The van der Waals surface area contributed by atoms with Gasteiger partial charge in [-0.1, -0.05) is 35.3 Å². The number of hydrogen-bond donors (Lipinski definition) is 0. The smallest absolute Gasteiger partial charge is 0.331 e. The SMILES string of the molecule is CCOC(=O)C=C(c1ccc(OC)cc1)c1cc(Cl)ccc1Cl. The minimum Gasteiger partial charge on any atom is -0.497 e. The molecule has 0 atom stereocenters. The van der Waals surface area contributed by atoms with Gasteiger partial charge < -0.3 is 9.47 Å². The normalized spacial score (nSPS) is 11.2. The zero-order valence-electron chi connectivity index (χ0n) is 12.8. The van der Waals surface area contributed by atoms with Gasteiger partial charge in [0.1, 0.15) is 5.75 Å². The summed E-state index contributed by atoms with van der Waals surface area (Å²) < 4.78 is 10.2. The number of benzene rings is 2. The van der Waals surface area contributed by atoms with Crippen molar-refractivity contribution in [3.8, 4) is 5.75 Å². The summed E-state index contributed by atoms with van der Waals surface area (Å²) in [7, 11) is 1.60. The molecule has 2 rings (SSSR count). The molecule has 0 aromatic heterocycles. The average Bonchev–Trinajstić information content (AvgIpc) is 2.55. The van der Waals surface area contributed by atoms with Crippen LogP contribution in [0.4, 0.5) is 0 Å².